The Balaban J connectivity index is 1.67. The van der Waals surface area contributed by atoms with E-state index in [0.717, 1.165) is 19.3 Å². The Labute approximate surface area is 164 Å². The lowest BCUT2D eigenvalue weighted by Gasteiger charge is -2.29. The van der Waals surface area contributed by atoms with Crippen LogP contribution < -0.4 is 10.9 Å². The highest BCUT2D eigenvalue weighted by atomic mass is 16.5. The van der Waals surface area contributed by atoms with Crippen LogP contribution in [-0.2, 0) is 16.1 Å². The summed E-state index contributed by atoms with van der Waals surface area (Å²) in [5.41, 5.74) is 1.76. The van der Waals surface area contributed by atoms with E-state index in [4.69, 9.17) is 4.74 Å². The quantitative estimate of drug-likeness (QED) is 0.799. The first-order valence-corrected chi connectivity index (χ1v) is 9.88. The molecule has 28 heavy (non-hydrogen) atoms. The first-order chi connectivity index (χ1) is 13.4. The van der Waals surface area contributed by atoms with Crippen molar-refractivity contribution in [2.75, 3.05) is 6.61 Å². The van der Waals surface area contributed by atoms with Crippen molar-refractivity contribution in [1.82, 2.24) is 14.9 Å². The van der Waals surface area contributed by atoms with Crippen LogP contribution in [0.2, 0.25) is 0 Å². The molecule has 0 saturated heterocycles. The Bertz CT molecular complexity index is 951. The van der Waals surface area contributed by atoms with E-state index >= 15 is 0 Å². The lowest BCUT2D eigenvalue weighted by atomic mass is 9.86. The van der Waals surface area contributed by atoms with Gasteiger partial charge in [-0.25, -0.2) is 9.78 Å². The third-order valence-electron chi connectivity index (χ3n) is 5.45. The van der Waals surface area contributed by atoms with Crippen LogP contribution in [0, 0.1) is 12.8 Å². The smallest absolute Gasteiger partial charge is 0.338 e. The molecule has 1 fully saturated rings. The minimum Gasteiger partial charge on any atom is -0.452 e. The number of aromatic nitrogens is 2. The molecule has 7 nitrogen and oxygen atoms in total. The maximum absolute atomic E-state index is 12.4. The van der Waals surface area contributed by atoms with Gasteiger partial charge in [0.15, 0.2) is 6.61 Å². The Hall–Kier alpha value is -2.70. The van der Waals surface area contributed by atoms with Gasteiger partial charge in [0.05, 0.1) is 16.6 Å². The van der Waals surface area contributed by atoms with Crippen LogP contribution in [0.5, 0.6) is 0 Å². The highest BCUT2D eigenvalue weighted by Gasteiger charge is 2.23. The number of nitrogens with one attached hydrogen (secondary N) is 1. The number of rotatable bonds is 5. The number of hydrogen-bond donors (Lipinski definition) is 1. The number of esters is 1. The molecule has 1 aliphatic carbocycles. The van der Waals surface area contributed by atoms with Gasteiger partial charge in [0.2, 0.25) is 0 Å². The van der Waals surface area contributed by atoms with Crippen molar-refractivity contribution in [2.45, 2.75) is 59.0 Å². The van der Waals surface area contributed by atoms with Crippen molar-refractivity contribution in [3.63, 3.8) is 0 Å². The zero-order valence-electron chi connectivity index (χ0n) is 16.7. The molecule has 1 aliphatic rings. The summed E-state index contributed by atoms with van der Waals surface area (Å²) >= 11 is 0. The summed E-state index contributed by atoms with van der Waals surface area (Å²) in [4.78, 5) is 40.9. The second-order valence-electron chi connectivity index (χ2n) is 7.46. The summed E-state index contributed by atoms with van der Waals surface area (Å²) in [7, 11) is 0. The van der Waals surface area contributed by atoms with Gasteiger partial charge >= 0.3 is 5.97 Å². The van der Waals surface area contributed by atoms with Gasteiger partial charge in [-0.15, -0.1) is 0 Å². The largest absolute Gasteiger partial charge is 0.452 e. The van der Waals surface area contributed by atoms with Crippen molar-refractivity contribution in [3.05, 3.63) is 39.8 Å². The van der Waals surface area contributed by atoms with Gasteiger partial charge in [0, 0.05) is 12.6 Å². The highest BCUT2D eigenvalue weighted by molar-refractivity contribution is 5.94. The summed E-state index contributed by atoms with van der Waals surface area (Å²) in [5.74, 6) is -0.413. The van der Waals surface area contributed by atoms with Crippen LogP contribution in [-0.4, -0.2) is 34.1 Å². The van der Waals surface area contributed by atoms with Gasteiger partial charge in [-0.1, -0.05) is 19.8 Å². The van der Waals surface area contributed by atoms with Crippen molar-refractivity contribution in [3.8, 4) is 0 Å². The second-order valence-corrected chi connectivity index (χ2v) is 7.46. The molecule has 0 bridgehead atoms. The molecular formula is C21H27N3O4. The number of aryl methyl sites for hydroxylation is 2. The number of hydrogen-bond acceptors (Lipinski definition) is 5. The lowest BCUT2D eigenvalue weighted by Crippen LogP contribution is -2.42. The molecule has 1 amide bonds. The Morgan fingerprint density at radius 2 is 2.04 bits per heavy atom. The number of amides is 1. The minimum atomic E-state index is -0.581. The predicted octanol–water partition coefficient (Wildman–Crippen LogP) is 2.58. The Morgan fingerprint density at radius 1 is 1.29 bits per heavy atom. The number of ether oxygens (including phenoxy) is 1. The van der Waals surface area contributed by atoms with Crippen molar-refractivity contribution in [2.24, 2.45) is 5.92 Å². The molecule has 0 unspecified atom stereocenters. The fourth-order valence-electron chi connectivity index (χ4n) is 3.81. The van der Waals surface area contributed by atoms with E-state index in [2.05, 4.69) is 17.2 Å². The molecule has 0 spiro atoms. The summed E-state index contributed by atoms with van der Waals surface area (Å²) in [6.07, 6.45) is 4.39. The molecular weight excluding hydrogens is 358 g/mol. The molecule has 2 aromatic rings. The molecule has 0 aliphatic heterocycles. The number of benzene rings is 1. The molecule has 0 radical (unpaired) electrons. The van der Waals surface area contributed by atoms with Gasteiger partial charge in [0.25, 0.3) is 11.5 Å². The van der Waals surface area contributed by atoms with E-state index in [1.807, 2.05) is 6.92 Å². The SMILES string of the molecule is CCn1c(=O)c(C)nc2cc(C(=O)OCC(=O)N[C@@H]3CCCC[C@H]3C)ccc21. The van der Waals surface area contributed by atoms with Crippen molar-refractivity contribution in [1.29, 1.82) is 0 Å². The van der Waals surface area contributed by atoms with Crippen LogP contribution >= 0.6 is 0 Å². The van der Waals surface area contributed by atoms with Crippen molar-refractivity contribution < 1.29 is 14.3 Å². The van der Waals surface area contributed by atoms with Crippen LogP contribution in [0.25, 0.3) is 11.0 Å². The zero-order chi connectivity index (χ0) is 20.3. The number of fused-ring (bicyclic) bond motifs is 1. The monoisotopic (exact) mass is 385 g/mol. The third kappa shape index (κ3) is 4.24. The van der Waals surface area contributed by atoms with Crippen molar-refractivity contribution >= 4 is 22.9 Å². The fraction of sp³-hybridized carbons (Fsp3) is 0.524. The van der Waals surface area contributed by atoms with Crippen LogP contribution in [0.15, 0.2) is 23.0 Å². The Morgan fingerprint density at radius 3 is 2.75 bits per heavy atom. The number of carbonyl (C=O) groups is 2. The van der Waals surface area contributed by atoms with E-state index in [1.165, 1.54) is 6.42 Å². The second kappa shape index (κ2) is 8.54. The molecule has 2 atom stereocenters. The average molecular weight is 385 g/mol. The molecule has 7 heteroatoms. The predicted molar refractivity (Wildman–Crippen MR) is 106 cm³/mol. The first-order valence-electron chi connectivity index (χ1n) is 9.88. The lowest BCUT2D eigenvalue weighted by molar-refractivity contribution is -0.125. The molecule has 1 aromatic carbocycles. The minimum absolute atomic E-state index is 0.140. The Kier molecular flexibility index (Phi) is 6.11. The first kappa shape index (κ1) is 20.0. The molecule has 1 saturated carbocycles. The van der Waals surface area contributed by atoms with Gasteiger partial charge in [-0.05, 0) is 50.8 Å². The average Bonchev–Trinajstić information content (AvgIpc) is 2.68. The molecule has 3 rings (SSSR count). The number of carbonyl (C=O) groups excluding carboxylic acids is 2. The summed E-state index contributed by atoms with van der Waals surface area (Å²) in [6, 6.07) is 5.03. The van der Waals surface area contributed by atoms with Crippen LogP contribution in [0.3, 0.4) is 0 Å². The van der Waals surface area contributed by atoms with Gasteiger partial charge < -0.3 is 14.6 Å². The summed E-state index contributed by atoms with van der Waals surface area (Å²) in [6.45, 7) is 5.88. The van der Waals surface area contributed by atoms with E-state index in [1.54, 1.807) is 29.7 Å². The summed E-state index contributed by atoms with van der Waals surface area (Å²) < 4.78 is 6.80. The third-order valence-corrected chi connectivity index (χ3v) is 5.45. The molecule has 1 aromatic heterocycles. The summed E-state index contributed by atoms with van der Waals surface area (Å²) in [5, 5.41) is 2.97. The topological polar surface area (TPSA) is 90.3 Å². The molecule has 1 N–H and O–H groups in total. The molecule has 1 heterocycles. The normalized spacial score (nSPS) is 19.4. The highest BCUT2D eigenvalue weighted by Crippen LogP contribution is 2.23. The van der Waals surface area contributed by atoms with Gasteiger partial charge in [0.1, 0.15) is 5.69 Å². The maximum atomic E-state index is 12.4. The van der Waals surface area contributed by atoms with Gasteiger partial charge in [-0.2, -0.15) is 0 Å². The van der Waals surface area contributed by atoms with E-state index in [-0.39, 0.29) is 24.1 Å². The fourth-order valence-corrected chi connectivity index (χ4v) is 3.81. The van der Waals surface area contributed by atoms with Gasteiger partial charge in [-0.3, -0.25) is 9.59 Å². The van der Waals surface area contributed by atoms with Crippen LogP contribution in [0.4, 0.5) is 0 Å². The number of nitrogens with zero attached hydrogens (tertiary/aromatic N) is 2. The van der Waals surface area contributed by atoms with E-state index < -0.39 is 5.97 Å². The van der Waals surface area contributed by atoms with Crippen LogP contribution in [0.1, 0.15) is 55.6 Å². The molecule has 150 valence electrons. The maximum Gasteiger partial charge on any atom is 0.338 e. The standard InChI is InChI=1S/C21H27N3O4/c1-4-24-18-10-9-15(11-17(18)22-14(3)20(24)26)21(27)28-12-19(25)23-16-8-6-5-7-13(16)2/h9-11,13,16H,4-8,12H2,1-3H3,(H,23,25)/t13-,16-/m1/s1. The zero-order valence-corrected chi connectivity index (χ0v) is 16.7. The van der Waals surface area contributed by atoms with E-state index in [0.29, 0.717) is 34.8 Å². The van der Waals surface area contributed by atoms with E-state index in [9.17, 15) is 14.4 Å².